The second-order valence-corrected chi connectivity index (χ2v) is 4.78. The van der Waals surface area contributed by atoms with Gasteiger partial charge in [0.15, 0.2) is 0 Å². The van der Waals surface area contributed by atoms with Crippen LogP contribution >= 0.6 is 11.6 Å². The van der Waals surface area contributed by atoms with Gasteiger partial charge in [0.05, 0.1) is 0 Å². The molecule has 100 valence electrons. The van der Waals surface area contributed by atoms with Gasteiger partial charge in [-0.1, -0.05) is 74.5 Å². The number of hydrogen-bond acceptors (Lipinski definition) is 2. The molecule has 0 saturated carbocycles. The molecule has 1 rings (SSSR count). The van der Waals surface area contributed by atoms with E-state index in [1.54, 1.807) is 0 Å². The molecule has 0 fully saturated rings. The van der Waals surface area contributed by atoms with Crippen molar-refractivity contribution < 1.29 is 9.53 Å². The standard InChI is InChI=1S/C15H21ClO2/c1-2-3-4-5-9-12-14(17)18-15(16)13-10-7-6-8-11-13/h6-8,10-11,15H,2-5,9,12H2,1H3. The maximum absolute atomic E-state index is 11.6. The van der Waals surface area contributed by atoms with Gasteiger partial charge >= 0.3 is 5.97 Å². The van der Waals surface area contributed by atoms with Crippen molar-refractivity contribution in [1.82, 2.24) is 0 Å². The number of alkyl halides is 1. The highest BCUT2D eigenvalue weighted by atomic mass is 35.5. The van der Waals surface area contributed by atoms with E-state index < -0.39 is 5.56 Å². The average Bonchev–Trinajstić information content (AvgIpc) is 2.39. The molecular weight excluding hydrogens is 248 g/mol. The van der Waals surface area contributed by atoms with Gasteiger partial charge in [-0.15, -0.1) is 0 Å². The zero-order valence-corrected chi connectivity index (χ0v) is 11.7. The molecule has 0 radical (unpaired) electrons. The van der Waals surface area contributed by atoms with Crippen molar-refractivity contribution in [1.29, 1.82) is 0 Å². The molecule has 1 aromatic rings. The van der Waals surface area contributed by atoms with E-state index in [2.05, 4.69) is 6.92 Å². The zero-order valence-electron chi connectivity index (χ0n) is 10.9. The fourth-order valence-corrected chi connectivity index (χ4v) is 1.96. The van der Waals surface area contributed by atoms with Crippen molar-refractivity contribution in [3.63, 3.8) is 0 Å². The van der Waals surface area contributed by atoms with Crippen LogP contribution in [0, 0.1) is 0 Å². The molecule has 0 aliphatic heterocycles. The number of hydrogen-bond donors (Lipinski definition) is 0. The smallest absolute Gasteiger partial charge is 0.307 e. The molecule has 0 aliphatic rings. The van der Waals surface area contributed by atoms with Crippen LogP contribution in [0.5, 0.6) is 0 Å². The van der Waals surface area contributed by atoms with Crippen molar-refractivity contribution >= 4 is 17.6 Å². The summed E-state index contributed by atoms with van der Waals surface area (Å²) in [6, 6.07) is 9.37. The van der Waals surface area contributed by atoms with Crippen molar-refractivity contribution in [2.45, 2.75) is 51.0 Å². The summed E-state index contributed by atoms with van der Waals surface area (Å²) in [6.07, 6.45) is 6.06. The normalized spacial score (nSPS) is 12.1. The first-order chi connectivity index (χ1) is 8.74. The van der Waals surface area contributed by atoms with Gasteiger partial charge in [-0.3, -0.25) is 4.79 Å². The zero-order chi connectivity index (χ0) is 13.2. The van der Waals surface area contributed by atoms with Crippen molar-refractivity contribution in [2.75, 3.05) is 0 Å². The number of benzene rings is 1. The van der Waals surface area contributed by atoms with Gasteiger partial charge in [-0.25, -0.2) is 0 Å². The fraction of sp³-hybridized carbons (Fsp3) is 0.533. The Kier molecular flexibility index (Phi) is 7.51. The summed E-state index contributed by atoms with van der Waals surface area (Å²) in [7, 11) is 0. The number of unbranched alkanes of at least 4 members (excludes halogenated alkanes) is 4. The lowest BCUT2D eigenvalue weighted by Crippen LogP contribution is -2.06. The summed E-state index contributed by atoms with van der Waals surface area (Å²) in [5, 5.41) is 0. The van der Waals surface area contributed by atoms with Crippen LogP contribution in [0.25, 0.3) is 0 Å². The molecular formula is C15H21ClO2. The molecule has 0 amide bonds. The molecule has 1 unspecified atom stereocenters. The van der Waals surface area contributed by atoms with Crippen molar-refractivity contribution in [3.05, 3.63) is 35.9 Å². The molecule has 0 saturated heterocycles. The molecule has 3 heteroatoms. The highest BCUT2D eigenvalue weighted by molar-refractivity contribution is 6.20. The molecule has 0 heterocycles. The van der Waals surface area contributed by atoms with E-state index in [9.17, 15) is 4.79 Å². The lowest BCUT2D eigenvalue weighted by Gasteiger charge is -2.11. The second kappa shape index (κ2) is 8.98. The van der Waals surface area contributed by atoms with E-state index in [1.807, 2.05) is 30.3 Å². The summed E-state index contributed by atoms with van der Waals surface area (Å²) >= 11 is 6.02. The number of carbonyl (C=O) groups is 1. The Bertz CT molecular complexity index is 338. The highest BCUT2D eigenvalue weighted by Gasteiger charge is 2.12. The molecule has 2 nitrogen and oxygen atoms in total. The Labute approximate surface area is 114 Å². The van der Waals surface area contributed by atoms with Gasteiger partial charge in [0.25, 0.3) is 0 Å². The van der Waals surface area contributed by atoms with Gasteiger partial charge in [-0.2, -0.15) is 0 Å². The van der Waals surface area contributed by atoms with Crippen LogP contribution in [-0.4, -0.2) is 5.97 Å². The quantitative estimate of drug-likeness (QED) is 0.384. The van der Waals surface area contributed by atoms with Gasteiger partial charge < -0.3 is 4.74 Å². The first-order valence-electron chi connectivity index (χ1n) is 6.62. The molecule has 0 aliphatic carbocycles. The van der Waals surface area contributed by atoms with Crippen molar-refractivity contribution in [3.8, 4) is 0 Å². The summed E-state index contributed by atoms with van der Waals surface area (Å²) in [4.78, 5) is 11.6. The van der Waals surface area contributed by atoms with Crippen molar-refractivity contribution in [2.24, 2.45) is 0 Å². The lowest BCUT2D eigenvalue weighted by atomic mass is 10.1. The predicted octanol–water partition coefficient (Wildman–Crippen LogP) is 4.83. The third-order valence-electron chi connectivity index (χ3n) is 2.78. The maximum Gasteiger partial charge on any atom is 0.307 e. The van der Waals surface area contributed by atoms with E-state index in [4.69, 9.17) is 16.3 Å². The second-order valence-electron chi connectivity index (χ2n) is 4.38. The average molecular weight is 269 g/mol. The number of carbonyl (C=O) groups excluding carboxylic acids is 1. The van der Waals surface area contributed by atoms with Crippen LogP contribution < -0.4 is 0 Å². The van der Waals surface area contributed by atoms with Crippen LogP contribution in [0.3, 0.4) is 0 Å². The van der Waals surface area contributed by atoms with E-state index >= 15 is 0 Å². The first kappa shape index (κ1) is 15.0. The Morgan fingerprint density at radius 3 is 2.50 bits per heavy atom. The summed E-state index contributed by atoms with van der Waals surface area (Å²) in [5.41, 5.74) is 0.146. The number of halogens is 1. The van der Waals surface area contributed by atoms with E-state index in [0.717, 1.165) is 18.4 Å². The topological polar surface area (TPSA) is 26.3 Å². The van der Waals surface area contributed by atoms with Crippen LogP contribution in [-0.2, 0) is 9.53 Å². The van der Waals surface area contributed by atoms with Crippen LogP contribution in [0.1, 0.15) is 56.6 Å². The molecule has 1 aromatic carbocycles. The third kappa shape index (κ3) is 6.06. The number of esters is 1. The highest BCUT2D eigenvalue weighted by Crippen LogP contribution is 2.22. The number of rotatable bonds is 8. The molecule has 18 heavy (non-hydrogen) atoms. The maximum atomic E-state index is 11.6. The van der Waals surface area contributed by atoms with E-state index in [1.165, 1.54) is 19.3 Å². The molecule has 1 atom stereocenters. The van der Waals surface area contributed by atoms with Gasteiger partial charge in [0.1, 0.15) is 0 Å². The summed E-state index contributed by atoms with van der Waals surface area (Å²) in [5.74, 6) is -0.213. The minimum atomic E-state index is -0.672. The Morgan fingerprint density at radius 1 is 1.17 bits per heavy atom. The first-order valence-corrected chi connectivity index (χ1v) is 7.06. The molecule has 0 N–H and O–H groups in total. The monoisotopic (exact) mass is 268 g/mol. The minimum absolute atomic E-state index is 0.213. The van der Waals surface area contributed by atoms with Gasteiger partial charge in [-0.05, 0) is 6.42 Å². The Morgan fingerprint density at radius 2 is 1.83 bits per heavy atom. The molecule has 0 bridgehead atoms. The predicted molar refractivity (Wildman–Crippen MR) is 74.5 cm³/mol. The molecule has 0 aromatic heterocycles. The lowest BCUT2D eigenvalue weighted by molar-refractivity contribution is -0.145. The summed E-state index contributed by atoms with van der Waals surface area (Å²) in [6.45, 7) is 2.17. The third-order valence-corrected chi connectivity index (χ3v) is 3.12. The Hall–Kier alpha value is -1.02. The van der Waals surface area contributed by atoms with E-state index in [0.29, 0.717) is 6.42 Å². The Balaban J connectivity index is 2.20. The SMILES string of the molecule is CCCCCCCC(=O)OC(Cl)c1ccccc1. The number of ether oxygens (including phenoxy) is 1. The van der Waals surface area contributed by atoms with Gasteiger partial charge in [0, 0.05) is 12.0 Å². The summed E-state index contributed by atoms with van der Waals surface area (Å²) < 4.78 is 5.17. The van der Waals surface area contributed by atoms with E-state index in [-0.39, 0.29) is 5.97 Å². The minimum Gasteiger partial charge on any atom is -0.441 e. The van der Waals surface area contributed by atoms with Crippen LogP contribution in [0.2, 0.25) is 0 Å². The largest absolute Gasteiger partial charge is 0.441 e. The molecule has 0 spiro atoms. The fourth-order valence-electron chi connectivity index (χ4n) is 1.72. The van der Waals surface area contributed by atoms with Gasteiger partial charge in [0.2, 0.25) is 5.56 Å². The van der Waals surface area contributed by atoms with Crippen LogP contribution in [0.4, 0.5) is 0 Å². The van der Waals surface area contributed by atoms with Crippen LogP contribution in [0.15, 0.2) is 30.3 Å².